The second kappa shape index (κ2) is 6.11. The van der Waals surface area contributed by atoms with E-state index >= 15 is 0 Å². The molecule has 3 rings (SSSR count). The van der Waals surface area contributed by atoms with Crippen LogP contribution in [0.2, 0.25) is 0 Å². The topological polar surface area (TPSA) is 46.9 Å². The number of nitrogens with zero attached hydrogens (tertiary/aromatic N) is 2. The highest BCUT2D eigenvalue weighted by Crippen LogP contribution is 2.24. The molecular weight excluding hydrogens is 298 g/mol. The minimum absolute atomic E-state index is 0.0540. The van der Waals surface area contributed by atoms with Crippen molar-refractivity contribution in [2.75, 3.05) is 5.32 Å². The number of hydrogen-bond acceptors (Lipinski definition) is 2. The van der Waals surface area contributed by atoms with Crippen molar-refractivity contribution < 1.29 is 4.79 Å². The average molecular weight is 321 g/mol. The molecule has 0 saturated carbocycles. The zero-order valence-electron chi connectivity index (χ0n) is 14.6. The van der Waals surface area contributed by atoms with Crippen molar-refractivity contribution in [3.8, 4) is 0 Å². The summed E-state index contributed by atoms with van der Waals surface area (Å²) >= 11 is 0. The number of anilines is 1. The molecule has 3 aromatic rings. The number of aromatic nitrogens is 2. The maximum Gasteiger partial charge on any atom is 0.247 e. The van der Waals surface area contributed by atoms with Gasteiger partial charge in [-0.05, 0) is 42.2 Å². The quantitative estimate of drug-likeness (QED) is 0.770. The number of imidazole rings is 1. The van der Waals surface area contributed by atoms with Crippen LogP contribution < -0.4 is 5.32 Å². The molecule has 0 aliphatic heterocycles. The summed E-state index contributed by atoms with van der Waals surface area (Å²) < 4.78 is 1.90. The van der Waals surface area contributed by atoms with Crippen molar-refractivity contribution in [3.05, 3.63) is 60.4 Å². The molecule has 0 saturated heterocycles. The highest BCUT2D eigenvalue weighted by atomic mass is 16.2. The molecule has 4 heteroatoms. The third-order valence-corrected chi connectivity index (χ3v) is 4.30. The van der Waals surface area contributed by atoms with Gasteiger partial charge in [-0.3, -0.25) is 4.79 Å². The summed E-state index contributed by atoms with van der Waals surface area (Å²) in [4.78, 5) is 16.9. The third-order valence-electron chi connectivity index (χ3n) is 4.30. The van der Waals surface area contributed by atoms with Crippen LogP contribution in [0.3, 0.4) is 0 Å². The van der Waals surface area contributed by atoms with E-state index in [1.807, 2.05) is 47.9 Å². The zero-order valence-corrected chi connectivity index (χ0v) is 14.6. The lowest BCUT2D eigenvalue weighted by Gasteiger charge is -2.19. The molecule has 1 N–H and O–H groups in total. The third kappa shape index (κ3) is 3.18. The Morgan fingerprint density at radius 3 is 2.42 bits per heavy atom. The van der Waals surface area contributed by atoms with E-state index in [0.29, 0.717) is 0 Å². The number of para-hydroxylation sites is 2. The van der Waals surface area contributed by atoms with Crippen LogP contribution in [0.1, 0.15) is 39.3 Å². The first-order chi connectivity index (χ1) is 11.4. The Kier molecular flexibility index (Phi) is 4.14. The molecule has 0 bridgehead atoms. The summed E-state index contributed by atoms with van der Waals surface area (Å²) in [6, 6.07) is 15.5. The number of fused-ring (bicyclic) bond motifs is 1. The number of rotatable bonds is 3. The minimum Gasteiger partial charge on any atom is -0.324 e. The van der Waals surface area contributed by atoms with Crippen molar-refractivity contribution >= 4 is 22.6 Å². The maximum absolute atomic E-state index is 12.6. The fraction of sp³-hybridized carbons (Fsp3) is 0.300. The fourth-order valence-corrected chi connectivity index (χ4v) is 2.71. The Morgan fingerprint density at radius 2 is 1.75 bits per heavy atom. The lowest BCUT2D eigenvalue weighted by molar-refractivity contribution is -0.118. The second-order valence-electron chi connectivity index (χ2n) is 7.13. The predicted octanol–water partition coefficient (Wildman–Crippen LogP) is 4.53. The van der Waals surface area contributed by atoms with E-state index in [1.165, 1.54) is 5.56 Å². The molecule has 0 spiro atoms. The zero-order chi connectivity index (χ0) is 17.3. The van der Waals surface area contributed by atoms with Crippen LogP contribution in [0.25, 0.3) is 11.0 Å². The highest BCUT2D eigenvalue weighted by molar-refractivity contribution is 5.94. The SMILES string of the molecule is C[C@@H](C(=O)Nc1ccc(C(C)(C)C)cc1)n1cnc2ccccc21. The summed E-state index contributed by atoms with van der Waals surface area (Å²) in [5.74, 6) is -0.0540. The van der Waals surface area contributed by atoms with Crippen molar-refractivity contribution in [2.24, 2.45) is 0 Å². The van der Waals surface area contributed by atoms with Gasteiger partial charge in [0.15, 0.2) is 0 Å². The molecule has 1 heterocycles. The van der Waals surface area contributed by atoms with Gasteiger partial charge in [0.05, 0.1) is 17.4 Å². The van der Waals surface area contributed by atoms with E-state index in [-0.39, 0.29) is 17.4 Å². The molecule has 0 radical (unpaired) electrons. The molecule has 1 amide bonds. The molecule has 0 unspecified atom stereocenters. The van der Waals surface area contributed by atoms with Crippen LogP contribution in [0.15, 0.2) is 54.9 Å². The van der Waals surface area contributed by atoms with Crippen LogP contribution in [0, 0.1) is 0 Å². The molecule has 1 aromatic heterocycles. The number of benzene rings is 2. The standard InChI is InChI=1S/C20H23N3O/c1-14(23-13-21-17-7-5-6-8-18(17)23)19(24)22-16-11-9-15(10-12-16)20(2,3)4/h5-14H,1-4H3,(H,22,24)/t14-/m0/s1. The Morgan fingerprint density at radius 1 is 1.08 bits per heavy atom. The van der Waals surface area contributed by atoms with Crippen LogP contribution in [-0.4, -0.2) is 15.5 Å². The number of amides is 1. The van der Waals surface area contributed by atoms with Gasteiger partial charge in [0.25, 0.3) is 0 Å². The van der Waals surface area contributed by atoms with Crippen molar-refractivity contribution in [1.82, 2.24) is 9.55 Å². The van der Waals surface area contributed by atoms with E-state index in [2.05, 4.69) is 43.2 Å². The van der Waals surface area contributed by atoms with Gasteiger partial charge in [0.2, 0.25) is 5.91 Å². The van der Waals surface area contributed by atoms with Gasteiger partial charge < -0.3 is 9.88 Å². The van der Waals surface area contributed by atoms with Crippen LogP contribution in [-0.2, 0) is 10.2 Å². The number of carbonyl (C=O) groups excluding carboxylic acids is 1. The molecule has 124 valence electrons. The van der Waals surface area contributed by atoms with Crippen LogP contribution in [0.5, 0.6) is 0 Å². The molecule has 0 aliphatic carbocycles. The molecule has 1 atom stereocenters. The van der Waals surface area contributed by atoms with E-state index in [0.717, 1.165) is 16.7 Å². The second-order valence-corrected chi connectivity index (χ2v) is 7.13. The molecule has 4 nitrogen and oxygen atoms in total. The summed E-state index contributed by atoms with van der Waals surface area (Å²) in [7, 11) is 0. The van der Waals surface area contributed by atoms with Crippen LogP contribution in [0.4, 0.5) is 5.69 Å². The fourth-order valence-electron chi connectivity index (χ4n) is 2.71. The highest BCUT2D eigenvalue weighted by Gasteiger charge is 2.18. The van der Waals surface area contributed by atoms with Gasteiger partial charge in [-0.25, -0.2) is 4.98 Å². The first-order valence-corrected chi connectivity index (χ1v) is 8.19. The van der Waals surface area contributed by atoms with E-state index in [4.69, 9.17) is 0 Å². The van der Waals surface area contributed by atoms with Gasteiger partial charge >= 0.3 is 0 Å². The summed E-state index contributed by atoms with van der Waals surface area (Å²) in [6.45, 7) is 8.40. The van der Waals surface area contributed by atoms with Gasteiger partial charge in [-0.2, -0.15) is 0 Å². The monoisotopic (exact) mass is 321 g/mol. The largest absolute Gasteiger partial charge is 0.324 e. The Labute approximate surface area is 142 Å². The van der Waals surface area contributed by atoms with E-state index in [9.17, 15) is 4.79 Å². The molecular formula is C20H23N3O. The van der Waals surface area contributed by atoms with Gasteiger partial charge in [0, 0.05) is 5.69 Å². The van der Waals surface area contributed by atoms with E-state index < -0.39 is 0 Å². The first kappa shape index (κ1) is 16.2. The van der Waals surface area contributed by atoms with Gasteiger partial charge in [-0.15, -0.1) is 0 Å². The summed E-state index contributed by atoms with van der Waals surface area (Å²) in [5, 5.41) is 2.99. The lowest BCUT2D eigenvalue weighted by atomic mass is 9.87. The molecule has 0 aliphatic rings. The normalized spacial score (nSPS) is 13.0. The van der Waals surface area contributed by atoms with Crippen molar-refractivity contribution in [1.29, 1.82) is 0 Å². The smallest absolute Gasteiger partial charge is 0.247 e. The molecule has 0 fully saturated rings. The average Bonchev–Trinajstić information content (AvgIpc) is 2.97. The van der Waals surface area contributed by atoms with Gasteiger partial charge in [0.1, 0.15) is 6.04 Å². The molecule has 2 aromatic carbocycles. The van der Waals surface area contributed by atoms with Gasteiger partial charge in [-0.1, -0.05) is 45.0 Å². The number of nitrogens with one attached hydrogen (secondary N) is 1. The number of hydrogen-bond donors (Lipinski definition) is 1. The minimum atomic E-state index is -0.334. The maximum atomic E-state index is 12.6. The molecule has 24 heavy (non-hydrogen) atoms. The van der Waals surface area contributed by atoms with E-state index in [1.54, 1.807) is 6.33 Å². The Hall–Kier alpha value is -2.62. The van der Waals surface area contributed by atoms with Crippen LogP contribution >= 0.6 is 0 Å². The Balaban J connectivity index is 1.77. The number of carbonyl (C=O) groups is 1. The van der Waals surface area contributed by atoms with Crippen molar-refractivity contribution in [2.45, 2.75) is 39.2 Å². The summed E-state index contributed by atoms with van der Waals surface area (Å²) in [5.41, 5.74) is 4.01. The predicted molar refractivity (Wildman–Crippen MR) is 98.2 cm³/mol. The van der Waals surface area contributed by atoms with Crippen molar-refractivity contribution in [3.63, 3.8) is 0 Å². The first-order valence-electron chi connectivity index (χ1n) is 8.19. The lowest BCUT2D eigenvalue weighted by Crippen LogP contribution is -2.23. The Bertz CT molecular complexity index is 856. The summed E-state index contributed by atoms with van der Waals surface area (Å²) in [6.07, 6.45) is 1.72.